The number of nitrogens with zero attached hydrogens (tertiary/aromatic N) is 1. The number of aryl methyl sites for hydroxylation is 1. The Morgan fingerprint density at radius 2 is 1.75 bits per heavy atom. The summed E-state index contributed by atoms with van der Waals surface area (Å²) in [7, 11) is 3.34. The average molecular weight is 496 g/mol. The Morgan fingerprint density at radius 3 is 2.44 bits per heavy atom. The van der Waals surface area contributed by atoms with Crippen molar-refractivity contribution in [3.63, 3.8) is 0 Å². The molecule has 3 rings (SSSR count). The van der Waals surface area contributed by atoms with E-state index in [1.165, 1.54) is 0 Å². The van der Waals surface area contributed by atoms with Crippen molar-refractivity contribution in [2.45, 2.75) is 13.0 Å². The van der Waals surface area contributed by atoms with Crippen molar-refractivity contribution in [2.24, 2.45) is 0 Å². The van der Waals surface area contributed by atoms with Crippen molar-refractivity contribution < 1.29 is 14.3 Å². The molecule has 6 nitrogen and oxygen atoms in total. The summed E-state index contributed by atoms with van der Waals surface area (Å²) in [5, 5.41) is 5.87. The summed E-state index contributed by atoms with van der Waals surface area (Å²) in [6.45, 7) is 1.97. The lowest BCUT2D eigenvalue weighted by atomic mass is 10.0. The third-order valence-electron chi connectivity index (χ3n) is 5.00. The Hall–Kier alpha value is -3.16. The molecule has 0 unspecified atom stereocenters. The van der Waals surface area contributed by atoms with E-state index in [0.29, 0.717) is 11.4 Å². The normalized spacial score (nSPS) is 11.7. The van der Waals surface area contributed by atoms with Gasteiger partial charge >= 0.3 is 0 Å². The van der Waals surface area contributed by atoms with Crippen LogP contribution in [0.15, 0.2) is 77.3 Å². The maximum atomic E-state index is 13.3. The first-order chi connectivity index (χ1) is 15.4. The van der Waals surface area contributed by atoms with Gasteiger partial charge in [-0.2, -0.15) is 0 Å². The zero-order valence-corrected chi connectivity index (χ0v) is 19.8. The summed E-state index contributed by atoms with van der Waals surface area (Å²) >= 11 is 3.43. The van der Waals surface area contributed by atoms with Crippen LogP contribution in [0.25, 0.3) is 0 Å². The highest BCUT2D eigenvalue weighted by atomic mass is 79.9. The van der Waals surface area contributed by atoms with Gasteiger partial charge < -0.3 is 15.4 Å². The summed E-state index contributed by atoms with van der Waals surface area (Å²) < 4.78 is 6.19. The zero-order chi connectivity index (χ0) is 23.1. The van der Waals surface area contributed by atoms with Crippen LogP contribution >= 0.6 is 15.9 Å². The van der Waals surface area contributed by atoms with Gasteiger partial charge in [0.15, 0.2) is 0 Å². The van der Waals surface area contributed by atoms with E-state index < -0.39 is 6.04 Å². The highest BCUT2D eigenvalue weighted by Gasteiger charge is 2.27. The van der Waals surface area contributed by atoms with Gasteiger partial charge in [0.05, 0.1) is 13.7 Å². The lowest BCUT2D eigenvalue weighted by Crippen LogP contribution is -2.39. The van der Waals surface area contributed by atoms with E-state index in [-0.39, 0.29) is 18.4 Å². The summed E-state index contributed by atoms with van der Waals surface area (Å²) in [4.78, 5) is 27.7. The van der Waals surface area contributed by atoms with Crippen LogP contribution in [-0.4, -0.2) is 37.4 Å². The number of methoxy groups -OCH3 is 1. The maximum absolute atomic E-state index is 13.3. The van der Waals surface area contributed by atoms with E-state index in [0.717, 1.165) is 21.3 Å². The Bertz CT molecular complexity index is 1090. The highest BCUT2D eigenvalue weighted by Crippen LogP contribution is 2.24. The minimum absolute atomic E-state index is 0.0423. The van der Waals surface area contributed by atoms with Crippen LogP contribution in [0.5, 0.6) is 5.75 Å². The fourth-order valence-electron chi connectivity index (χ4n) is 3.43. The van der Waals surface area contributed by atoms with Crippen LogP contribution in [0.1, 0.15) is 17.2 Å². The van der Waals surface area contributed by atoms with Crippen molar-refractivity contribution in [3.8, 4) is 5.75 Å². The molecule has 0 radical (unpaired) electrons. The molecule has 0 aliphatic heterocycles. The quantitative estimate of drug-likeness (QED) is 0.460. The number of halogens is 1. The molecule has 3 aromatic carbocycles. The molecule has 2 amide bonds. The fourth-order valence-corrected chi connectivity index (χ4v) is 3.90. The Labute approximate surface area is 196 Å². The summed E-state index contributed by atoms with van der Waals surface area (Å²) in [6.07, 6.45) is 0. The van der Waals surface area contributed by atoms with E-state index in [2.05, 4.69) is 26.6 Å². The molecule has 0 spiro atoms. The number of hydrogen-bond acceptors (Lipinski definition) is 4. The van der Waals surface area contributed by atoms with Gasteiger partial charge in [-0.15, -0.1) is 0 Å². The van der Waals surface area contributed by atoms with Crippen molar-refractivity contribution in [1.82, 2.24) is 4.90 Å². The number of nitrogens with one attached hydrogen (secondary N) is 2. The molecule has 0 aromatic heterocycles. The first-order valence-electron chi connectivity index (χ1n) is 10.1. The number of likely N-dealkylation sites (N-methyl/N-ethyl adjacent to an activating group) is 1. The second-order valence-electron chi connectivity index (χ2n) is 7.46. The van der Waals surface area contributed by atoms with Crippen molar-refractivity contribution in [3.05, 3.63) is 88.4 Å². The molecule has 0 aliphatic carbocycles. The molecule has 0 bridgehead atoms. The number of ether oxygens (including phenoxy) is 1. The molecule has 3 aromatic rings. The highest BCUT2D eigenvalue weighted by molar-refractivity contribution is 9.10. The minimum atomic E-state index is -0.654. The number of benzene rings is 3. The Kier molecular flexibility index (Phi) is 8.03. The molecule has 1 atom stereocenters. The molecule has 2 N–H and O–H groups in total. The lowest BCUT2D eigenvalue weighted by molar-refractivity contribution is -0.123. The third-order valence-corrected chi connectivity index (χ3v) is 5.49. The van der Waals surface area contributed by atoms with Crippen LogP contribution in [0.3, 0.4) is 0 Å². The van der Waals surface area contributed by atoms with Gasteiger partial charge in [0.1, 0.15) is 11.8 Å². The van der Waals surface area contributed by atoms with Crippen LogP contribution in [-0.2, 0) is 9.59 Å². The number of rotatable bonds is 8. The van der Waals surface area contributed by atoms with Gasteiger partial charge in [0.25, 0.3) is 0 Å². The molecular formula is C25H26BrN3O3. The number of amides is 2. The van der Waals surface area contributed by atoms with Gasteiger partial charge in [-0.05, 0) is 55.4 Å². The predicted octanol–water partition coefficient (Wildman–Crippen LogP) is 5.02. The Morgan fingerprint density at radius 1 is 1.00 bits per heavy atom. The fraction of sp³-hybridized carbons (Fsp3) is 0.200. The molecule has 0 aliphatic rings. The molecular weight excluding hydrogens is 470 g/mol. The second-order valence-corrected chi connectivity index (χ2v) is 8.37. The molecule has 0 heterocycles. The first-order valence-corrected chi connectivity index (χ1v) is 10.9. The average Bonchev–Trinajstić information content (AvgIpc) is 2.76. The first kappa shape index (κ1) is 23.5. The number of carbonyl (C=O) groups excluding carboxylic acids is 2. The van der Waals surface area contributed by atoms with Crippen LogP contribution in [0, 0.1) is 6.92 Å². The molecule has 7 heteroatoms. The van der Waals surface area contributed by atoms with E-state index >= 15 is 0 Å². The van der Waals surface area contributed by atoms with Crippen LogP contribution in [0.4, 0.5) is 11.4 Å². The largest absolute Gasteiger partial charge is 0.497 e. The van der Waals surface area contributed by atoms with Gasteiger partial charge in [0.2, 0.25) is 11.8 Å². The lowest BCUT2D eigenvalue weighted by Gasteiger charge is -2.27. The smallest absolute Gasteiger partial charge is 0.246 e. The molecule has 0 fully saturated rings. The summed E-state index contributed by atoms with van der Waals surface area (Å²) in [6, 6.07) is 21.6. The molecule has 166 valence electrons. The van der Waals surface area contributed by atoms with Crippen molar-refractivity contribution >= 4 is 39.1 Å². The van der Waals surface area contributed by atoms with Gasteiger partial charge in [-0.1, -0.05) is 52.3 Å². The number of hydrogen-bond donors (Lipinski definition) is 2. The second kappa shape index (κ2) is 10.9. The molecule has 0 saturated carbocycles. The van der Waals surface area contributed by atoms with E-state index in [1.54, 1.807) is 31.2 Å². The van der Waals surface area contributed by atoms with Crippen molar-refractivity contribution in [1.29, 1.82) is 0 Å². The van der Waals surface area contributed by atoms with Gasteiger partial charge in [0, 0.05) is 21.9 Å². The summed E-state index contributed by atoms with van der Waals surface area (Å²) in [5.41, 5.74) is 3.11. The number of carbonyl (C=O) groups is 2. The SMILES string of the molecule is COc1cccc(NC(=O)[C@H](c2ccccc2)N(C)CC(=O)Nc2ccc(Br)cc2C)c1. The van der Waals surface area contributed by atoms with E-state index in [1.807, 2.05) is 67.6 Å². The predicted molar refractivity (Wildman–Crippen MR) is 131 cm³/mol. The van der Waals surface area contributed by atoms with Crippen molar-refractivity contribution in [2.75, 3.05) is 31.3 Å². The maximum Gasteiger partial charge on any atom is 0.246 e. The minimum Gasteiger partial charge on any atom is -0.497 e. The summed E-state index contributed by atoms with van der Waals surface area (Å²) in [5.74, 6) is 0.212. The van der Waals surface area contributed by atoms with Crippen LogP contribution < -0.4 is 15.4 Å². The van der Waals surface area contributed by atoms with Gasteiger partial charge in [-0.25, -0.2) is 0 Å². The van der Waals surface area contributed by atoms with Gasteiger partial charge in [-0.3, -0.25) is 14.5 Å². The van der Waals surface area contributed by atoms with E-state index in [9.17, 15) is 9.59 Å². The third kappa shape index (κ3) is 6.18. The topological polar surface area (TPSA) is 70.7 Å². The van der Waals surface area contributed by atoms with E-state index in [4.69, 9.17) is 4.74 Å². The zero-order valence-electron chi connectivity index (χ0n) is 18.3. The number of anilines is 2. The molecule has 32 heavy (non-hydrogen) atoms. The van der Waals surface area contributed by atoms with Crippen LogP contribution in [0.2, 0.25) is 0 Å². The molecule has 0 saturated heterocycles. The standard InChI is InChI=1S/C25H26BrN3O3/c1-17-14-19(26)12-13-22(17)28-23(30)16-29(2)24(18-8-5-4-6-9-18)25(31)27-20-10-7-11-21(15-20)32-3/h4-15,24H,16H2,1-3H3,(H,27,31)(H,28,30)/t24-/m0/s1. The Balaban J connectivity index is 1.77. The monoisotopic (exact) mass is 495 g/mol.